The molecular weight excluding hydrogens is 790 g/mol. The van der Waals surface area contributed by atoms with Crippen molar-refractivity contribution in [3.63, 3.8) is 0 Å². The van der Waals surface area contributed by atoms with Crippen molar-refractivity contribution in [2.45, 2.75) is 64.3 Å². The molecule has 1 radical (unpaired) electrons. The van der Waals surface area contributed by atoms with Gasteiger partial charge in [0, 0.05) is 56.0 Å². The predicted molar refractivity (Wildman–Crippen MR) is 183 cm³/mol. The van der Waals surface area contributed by atoms with Gasteiger partial charge in [-0.1, -0.05) is 32.5 Å². The van der Waals surface area contributed by atoms with Gasteiger partial charge in [-0.15, -0.1) is 0 Å². The molecule has 7 unspecified atom stereocenters. The number of nitrogens with one attached hydrogen (secondary N) is 2. The monoisotopic (exact) mass is 830 g/mol. The van der Waals surface area contributed by atoms with Crippen molar-refractivity contribution in [3.05, 3.63) is 12.7 Å². The molecule has 0 bridgehead atoms. The minimum Gasteiger partial charge on any atom is -0.386 e. The largest absolute Gasteiger partial charge is 0.481 e. The van der Waals surface area contributed by atoms with Crippen LogP contribution in [0.4, 0.5) is 5.82 Å². The van der Waals surface area contributed by atoms with Crippen LogP contribution in [0.1, 0.15) is 39.8 Å². The first-order valence-electron chi connectivity index (χ1n) is 15.1. The molecule has 29 heteroatoms. The molecule has 2 aromatic rings. The fraction of sp³-hybridized carbons (Fsp3) is 0.667. The summed E-state index contributed by atoms with van der Waals surface area (Å²) in [4.78, 5) is 86.4. The molecule has 295 valence electrons. The number of aliphatic hydroxyl groups excluding tert-OH is 2. The second-order valence-corrected chi connectivity index (χ2v) is 17.0. The van der Waals surface area contributed by atoms with Crippen molar-refractivity contribution in [3.8, 4) is 0 Å². The Morgan fingerprint density at radius 1 is 1.08 bits per heavy atom. The molecule has 1 saturated heterocycles. The van der Waals surface area contributed by atoms with Gasteiger partial charge in [-0.3, -0.25) is 32.5 Å². The van der Waals surface area contributed by atoms with Crippen molar-refractivity contribution in [1.82, 2.24) is 30.2 Å². The first-order valence-corrected chi connectivity index (χ1v) is 20.6. The molecule has 1 aliphatic rings. The number of nitrogen functional groups attached to an aromatic ring is 1. The third-order valence-electron chi connectivity index (χ3n) is 7.05. The molecule has 2 aromatic heterocycles. The topological polar surface area (TPSA) is 364 Å². The maximum atomic E-state index is 12.6. The van der Waals surface area contributed by atoms with Crippen molar-refractivity contribution in [2.24, 2.45) is 5.41 Å². The number of carbonyl (C=O) groups excluding carboxylic acids is 3. The number of aliphatic hydroxyl groups is 2. The Kier molecular flexibility index (Phi) is 17.7. The number of amides is 2. The number of nitrogens with zero attached hydrogens (tertiary/aromatic N) is 4. The van der Waals surface area contributed by atoms with E-state index in [1.807, 2.05) is 0 Å². The number of thioether (sulfide) groups is 1. The van der Waals surface area contributed by atoms with Gasteiger partial charge in [0.25, 0.3) is 0 Å². The molecular formula is C24H40LiN7O17P3S. The molecule has 7 atom stereocenters. The smallest absolute Gasteiger partial charge is 0.386 e. The van der Waals surface area contributed by atoms with Gasteiger partial charge in [0.15, 0.2) is 22.8 Å². The van der Waals surface area contributed by atoms with Gasteiger partial charge in [-0.25, -0.2) is 28.6 Å². The van der Waals surface area contributed by atoms with Crippen LogP contribution in [0.15, 0.2) is 12.7 Å². The molecule has 1 fully saturated rings. The van der Waals surface area contributed by atoms with Gasteiger partial charge >= 0.3 is 23.5 Å². The van der Waals surface area contributed by atoms with Crippen LogP contribution < -0.4 is 16.4 Å². The number of anilines is 1. The predicted octanol–water partition coefficient (Wildman–Crippen LogP) is -1.31. The van der Waals surface area contributed by atoms with E-state index in [1.165, 1.54) is 13.8 Å². The Hall–Kier alpha value is -1.84. The van der Waals surface area contributed by atoms with E-state index in [9.17, 15) is 57.9 Å². The van der Waals surface area contributed by atoms with E-state index in [-0.39, 0.29) is 60.5 Å². The number of carbonyl (C=O) groups is 3. The Morgan fingerprint density at radius 2 is 1.74 bits per heavy atom. The zero-order valence-electron chi connectivity index (χ0n) is 28.8. The summed E-state index contributed by atoms with van der Waals surface area (Å²) in [7, 11) is -16.4. The summed E-state index contributed by atoms with van der Waals surface area (Å²) in [5, 5.41) is 26.2. The molecule has 3 heterocycles. The van der Waals surface area contributed by atoms with Crippen LogP contribution in [0.2, 0.25) is 0 Å². The summed E-state index contributed by atoms with van der Waals surface area (Å²) in [5.74, 6) is -1.07. The summed E-state index contributed by atoms with van der Waals surface area (Å²) < 4.78 is 61.9. The van der Waals surface area contributed by atoms with E-state index in [0.717, 1.165) is 29.0 Å². The average molecular weight is 831 g/mol. The minimum atomic E-state index is -5.56. The molecule has 0 aromatic carbocycles. The quantitative estimate of drug-likeness (QED) is 0.0425. The summed E-state index contributed by atoms with van der Waals surface area (Å²) in [6.45, 7) is 2.24. The third-order valence-corrected chi connectivity index (χ3v) is 11.2. The Balaban J connectivity index is 0.00000972. The average Bonchev–Trinajstić information content (AvgIpc) is 3.60. The number of hydrogen-bond acceptors (Lipinski definition) is 18. The number of imidazole rings is 1. The summed E-state index contributed by atoms with van der Waals surface area (Å²) in [5.41, 5.74) is 4.26. The fourth-order valence-corrected chi connectivity index (χ4v) is 7.86. The number of phosphoric acid groups is 3. The fourth-order valence-electron chi connectivity index (χ4n) is 4.40. The SMILES string of the molecule is CCC(=O)SCCNC(=O)CCNC(=O)C(O)C(C)(C)COP(=O)(O)OP(=O)(O)OCC1OC(n2cnc3c(N)ncnc32)C(O)C1OP(=O)(O)O.[Li]. The van der Waals surface area contributed by atoms with Crippen LogP contribution >= 0.6 is 35.2 Å². The second kappa shape index (κ2) is 19.8. The maximum absolute atomic E-state index is 12.6. The molecule has 0 saturated carbocycles. The molecule has 3 rings (SSSR count). The molecule has 0 spiro atoms. The number of fused-ring (bicyclic) bond motifs is 1. The zero-order chi connectivity index (χ0) is 39.1. The van der Waals surface area contributed by atoms with Crippen molar-refractivity contribution in [2.75, 3.05) is 37.8 Å². The van der Waals surface area contributed by atoms with E-state index in [0.29, 0.717) is 12.2 Å². The van der Waals surface area contributed by atoms with Crippen LogP contribution in [-0.2, 0) is 50.7 Å². The van der Waals surface area contributed by atoms with E-state index in [1.54, 1.807) is 6.92 Å². The van der Waals surface area contributed by atoms with Gasteiger partial charge in [0.2, 0.25) is 11.8 Å². The number of ether oxygens (including phenoxy) is 1. The van der Waals surface area contributed by atoms with Crippen molar-refractivity contribution >= 4 is 88.0 Å². The standard InChI is InChI=1S/C24H40N7O17P3S.Li/c1-4-15(33)52-8-7-26-14(32)5-6-27-22(36)19(35)24(2,3)10-45-51(42,43)48-50(40,41)44-9-13-18(47-49(37,38)39)17(34)23(46-13)31-12-30-16-20(25)28-11-29-21(16)31;/h11-13,17-19,23,34-35H,4-10H2,1-3H3,(H,26,32)(H,27,36)(H,40,41)(H,42,43)(H2,25,28,29)(H2,37,38,39);. The summed E-state index contributed by atoms with van der Waals surface area (Å²) in [6, 6.07) is 0. The minimum absolute atomic E-state index is 0. The molecule has 0 aliphatic carbocycles. The Bertz CT molecular complexity index is 1740. The molecule has 53 heavy (non-hydrogen) atoms. The van der Waals surface area contributed by atoms with Crippen LogP contribution in [0, 0.1) is 5.41 Å². The Labute approximate surface area is 317 Å². The first kappa shape index (κ1) is 47.3. The van der Waals surface area contributed by atoms with Crippen LogP contribution in [0.25, 0.3) is 11.2 Å². The second-order valence-electron chi connectivity index (χ2n) is 11.6. The molecule has 1 aliphatic heterocycles. The van der Waals surface area contributed by atoms with Gasteiger partial charge in [-0.2, -0.15) is 4.31 Å². The van der Waals surface area contributed by atoms with E-state index in [4.69, 9.17) is 19.5 Å². The van der Waals surface area contributed by atoms with E-state index in [2.05, 4.69) is 34.4 Å². The van der Waals surface area contributed by atoms with Crippen molar-refractivity contribution < 1.29 is 80.5 Å². The number of nitrogens with two attached hydrogens (primary N) is 1. The molecule has 2 amide bonds. The van der Waals surface area contributed by atoms with Gasteiger partial charge < -0.3 is 50.9 Å². The number of hydrogen-bond donors (Lipinski definition) is 9. The zero-order valence-corrected chi connectivity index (χ0v) is 32.3. The van der Waals surface area contributed by atoms with Crippen molar-refractivity contribution in [1.29, 1.82) is 0 Å². The third kappa shape index (κ3) is 14.3. The first-order chi connectivity index (χ1) is 24.1. The van der Waals surface area contributed by atoms with Crippen LogP contribution in [0.5, 0.6) is 0 Å². The molecule has 24 nitrogen and oxygen atoms in total. The van der Waals surface area contributed by atoms with Crippen LogP contribution in [-0.4, -0.2) is 142 Å². The van der Waals surface area contributed by atoms with E-state index < -0.39 is 84.6 Å². The summed E-state index contributed by atoms with van der Waals surface area (Å²) >= 11 is 1.07. The summed E-state index contributed by atoms with van der Waals surface area (Å²) in [6.07, 6.45) is -6.52. The van der Waals surface area contributed by atoms with E-state index >= 15 is 0 Å². The van der Waals surface area contributed by atoms with Gasteiger partial charge in [-0.05, 0) is 0 Å². The van der Waals surface area contributed by atoms with Crippen LogP contribution in [0.3, 0.4) is 0 Å². The maximum Gasteiger partial charge on any atom is 0.481 e. The normalized spacial score (nSPS) is 22.0. The number of rotatable bonds is 20. The number of aromatic nitrogens is 4. The van der Waals surface area contributed by atoms with Gasteiger partial charge in [0.05, 0.1) is 19.5 Å². The Morgan fingerprint density at radius 3 is 2.38 bits per heavy atom. The molecule has 10 N–H and O–H groups in total. The van der Waals surface area contributed by atoms with Gasteiger partial charge in [0.1, 0.15) is 36.3 Å². The number of phosphoric ester groups is 3.